The van der Waals surface area contributed by atoms with Gasteiger partial charge < -0.3 is 20.9 Å². The van der Waals surface area contributed by atoms with E-state index in [9.17, 15) is 0 Å². The molecule has 0 aliphatic carbocycles. The Kier molecular flexibility index (Phi) is 2.61. The Balaban J connectivity index is 2.14. The smallest absolute Gasteiger partial charge is 0.226 e. The molecule has 1 aliphatic heterocycles. The third-order valence-corrected chi connectivity index (χ3v) is 3.28. The van der Waals surface area contributed by atoms with E-state index in [-0.39, 0.29) is 11.4 Å². The number of anilines is 2. The van der Waals surface area contributed by atoms with E-state index in [1.807, 2.05) is 18.2 Å². The van der Waals surface area contributed by atoms with Crippen molar-refractivity contribution in [2.45, 2.75) is 6.42 Å². The van der Waals surface area contributed by atoms with Gasteiger partial charge in [-0.05, 0) is 18.2 Å². The number of benzene rings is 1. The molecule has 0 atom stereocenters. The van der Waals surface area contributed by atoms with Crippen LogP contribution in [0.5, 0.6) is 17.4 Å². The van der Waals surface area contributed by atoms with Gasteiger partial charge in [-0.25, -0.2) is 0 Å². The van der Waals surface area contributed by atoms with E-state index in [1.54, 1.807) is 13.2 Å². The zero-order valence-corrected chi connectivity index (χ0v) is 10.8. The first-order chi connectivity index (χ1) is 9.63. The third-order valence-electron chi connectivity index (χ3n) is 3.28. The highest BCUT2D eigenvalue weighted by Crippen LogP contribution is 2.41. The van der Waals surface area contributed by atoms with Crippen molar-refractivity contribution in [3.63, 3.8) is 0 Å². The lowest BCUT2D eigenvalue weighted by atomic mass is 9.99. The molecule has 0 saturated carbocycles. The molecule has 1 aliphatic rings. The van der Waals surface area contributed by atoms with Crippen molar-refractivity contribution in [3.8, 4) is 23.4 Å². The van der Waals surface area contributed by atoms with E-state index in [4.69, 9.17) is 26.2 Å². The highest BCUT2D eigenvalue weighted by atomic mass is 16.5. The number of aromatic nitrogens is 1. The summed E-state index contributed by atoms with van der Waals surface area (Å²) in [5, 5.41) is 9.07. The van der Waals surface area contributed by atoms with Crippen LogP contribution in [0.1, 0.15) is 16.7 Å². The number of nitriles is 1. The normalized spacial score (nSPS) is 11.8. The second-order valence-electron chi connectivity index (χ2n) is 4.43. The molecule has 20 heavy (non-hydrogen) atoms. The van der Waals surface area contributed by atoms with Gasteiger partial charge in [0.05, 0.1) is 12.8 Å². The summed E-state index contributed by atoms with van der Waals surface area (Å²) >= 11 is 0. The van der Waals surface area contributed by atoms with Crippen LogP contribution < -0.4 is 20.9 Å². The second-order valence-corrected chi connectivity index (χ2v) is 4.43. The number of pyridine rings is 1. The predicted octanol–water partition coefficient (Wildman–Crippen LogP) is 1.82. The van der Waals surface area contributed by atoms with Crippen LogP contribution in [0.2, 0.25) is 0 Å². The molecular weight excluding hydrogens is 256 g/mol. The third kappa shape index (κ3) is 1.68. The number of nitrogens with zero attached hydrogens (tertiary/aromatic N) is 2. The molecule has 0 bridgehead atoms. The molecule has 3 rings (SSSR count). The fourth-order valence-corrected chi connectivity index (χ4v) is 2.22. The molecule has 4 N–H and O–H groups in total. The van der Waals surface area contributed by atoms with Gasteiger partial charge in [-0.2, -0.15) is 10.2 Å². The number of nitrogen functional groups attached to an aromatic ring is 2. The quantitative estimate of drug-likeness (QED) is 0.697. The number of nitrogens with two attached hydrogens (primary N) is 2. The average molecular weight is 268 g/mol. The molecule has 2 aromatic rings. The standard InChI is InChI=1S/C14H12N4O2/c1-19-8-2-3-11-7(4-8)5-9-12(16)10(6-15)13(17)18-14(9)20-11/h2-4H,5H2,1H3,(H4,16,17,18). The van der Waals surface area contributed by atoms with Crippen molar-refractivity contribution < 1.29 is 9.47 Å². The minimum atomic E-state index is 0.0840. The highest BCUT2D eigenvalue weighted by molar-refractivity contribution is 5.72. The minimum Gasteiger partial charge on any atom is -0.497 e. The van der Waals surface area contributed by atoms with Gasteiger partial charge in [0.15, 0.2) is 0 Å². The van der Waals surface area contributed by atoms with Crippen molar-refractivity contribution in [2.75, 3.05) is 18.6 Å². The zero-order chi connectivity index (χ0) is 14.3. The number of hydrogen-bond acceptors (Lipinski definition) is 6. The molecule has 2 heterocycles. The Morgan fingerprint density at radius 3 is 2.90 bits per heavy atom. The Morgan fingerprint density at radius 2 is 2.20 bits per heavy atom. The van der Waals surface area contributed by atoms with Gasteiger partial charge in [0.1, 0.15) is 28.9 Å². The van der Waals surface area contributed by atoms with Crippen LogP contribution in [0.4, 0.5) is 11.5 Å². The summed E-state index contributed by atoms with van der Waals surface area (Å²) in [4.78, 5) is 4.11. The van der Waals surface area contributed by atoms with Gasteiger partial charge >= 0.3 is 0 Å². The average Bonchev–Trinajstić information content (AvgIpc) is 2.45. The summed E-state index contributed by atoms with van der Waals surface area (Å²) in [5.41, 5.74) is 13.8. The topological polar surface area (TPSA) is 107 Å². The molecule has 0 radical (unpaired) electrons. The molecule has 0 spiro atoms. The molecule has 6 heteroatoms. The van der Waals surface area contributed by atoms with E-state index in [0.29, 0.717) is 29.3 Å². The summed E-state index contributed by atoms with van der Waals surface area (Å²) in [6.07, 6.45) is 0.523. The fraction of sp³-hybridized carbons (Fsp3) is 0.143. The SMILES string of the molecule is COc1ccc2c(c1)Cc1c(nc(N)c(C#N)c1N)O2. The predicted molar refractivity (Wildman–Crippen MR) is 73.7 cm³/mol. The van der Waals surface area contributed by atoms with E-state index in [1.165, 1.54) is 0 Å². The fourth-order valence-electron chi connectivity index (χ4n) is 2.22. The van der Waals surface area contributed by atoms with Crippen LogP contribution in [0, 0.1) is 11.3 Å². The first kappa shape index (κ1) is 12.1. The molecule has 0 fully saturated rings. The summed E-state index contributed by atoms with van der Waals surface area (Å²) in [7, 11) is 1.60. The van der Waals surface area contributed by atoms with Gasteiger partial charge in [-0.1, -0.05) is 0 Å². The van der Waals surface area contributed by atoms with Crippen LogP contribution in [0.15, 0.2) is 18.2 Å². The Labute approximate surface area is 115 Å². The maximum Gasteiger partial charge on any atom is 0.226 e. The van der Waals surface area contributed by atoms with Crippen LogP contribution in [-0.4, -0.2) is 12.1 Å². The van der Waals surface area contributed by atoms with Crippen molar-refractivity contribution in [3.05, 3.63) is 34.9 Å². The van der Waals surface area contributed by atoms with Crippen LogP contribution in [0.25, 0.3) is 0 Å². The van der Waals surface area contributed by atoms with Crippen LogP contribution in [-0.2, 0) is 6.42 Å². The summed E-state index contributed by atoms with van der Waals surface area (Å²) < 4.78 is 10.9. The lowest BCUT2D eigenvalue weighted by molar-refractivity contribution is 0.408. The lowest BCUT2D eigenvalue weighted by Crippen LogP contribution is -2.11. The molecule has 0 unspecified atom stereocenters. The second kappa shape index (κ2) is 4.31. The molecule has 100 valence electrons. The molecule has 1 aromatic carbocycles. The van der Waals surface area contributed by atoms with Gasteiger partial charge in [-0.15, -0.1) is 0 Å². The van der Waals surface area contributed by atoms with Crippen molar-refractivity contribution >= 4 is 11.5 Å². The van der Waals surface area contributed by atoms with Crippen molar-refractivity contribution in [1.29, 1.82) is 5.26 Å². The minimum absolute atomic E-state index is 0.0840. The number of fused-ring (bicyclic) bond motifs is 2. The highest BCUT2D eigenvalue weighted by Gasteiger charge is 2.24. The van der Waals surface area contributed by atoms with Gasteiger partial charge in [0, 0.05) is 17.5 Å². The van der Waals surface area contributed by atoms with E-state index < -0.39 is 0 Å². The van der Waals surface area contributed by atoms with Gasteiger partial charge in [-0.3, -0.25) is 0 Å². The first-order valence-electron chi connectivity index (χ1n) is 5.96. The molecule has 0 amide bonds. The van der Waals surface area contributed by atoms with Gasteiger partial charge in [0.2, 0.25) is 5.88 Å². The monoisotopic (exact) mass is 268 g/mol. The van der Waals surface area contributed by atoms with Gasteiger partial charge in [0.25, 0.3) is 0 Å². The largest absolute Gasteiger partial charge is 0.497 e. The summed E-state index contributed by atoms with van der Waals surface area (Å²) in [5.74, 6) is 1.87. The van der Waals surface area contributed by atoms with Crippen molar-refractivity contribution in [1.82, 2.24) is 4.98 Å². The lowest BCUT2D eigenvalue weighted by Gasteiger charge is -2.22. The first-order valence-corrected chi connectivity index (χ1v) is 5.96. The van der Waals surface area contributed by atoms with E-state index in [2.05, 4.69) is 4.98 Å². The van der Waals surface area contributed by atoms with Crippen LogP contribution >= 0.6 is 0 Å². The molecule has 6 nitrogen and oxygen atoms in total. The number of hydrogen-bond donors (Lipinski definition) is 2. The summed E-state index contributed by atoms with van der Waals surface area (Å²) in [6, 6.07) is 7.46. The molecule has 0 saturated heterocycles. The zero-order valence-electron chi connectivity index (χ0n) is 10.8. The maximum atomic E-state index is 9.07. The molecule has 1 aromatic heterocycles. The Bertz CT molecular complexity index is 750. The number of ether oxygens (including phenoxy) is 2. The van der Waals surface area contributed by atoms with Crippen molar-refractivity contribution in [2.24, 2.45) is 0 Å². The Hall–Kier alpha value is -2.94. The maximum absolute atomic E-state index is 9.07. The summed E-state index contributed by atoms with van der Waals surface area (Å²) in [6.45, 7) is 0. The van der Waals surface area contributed by atoms with E-state index >= 15 is 0 Å². The number of rotatable bonds is 1. The number of methoxy groups -OCH3 is 1. The van der Waals surface area contributed by atoms with Crippen LogP contribution in [0.3, 0.4) is 0 Å². The van der Waals surface area contributed by atoms with E-state index in [0.717, 1.165) is 11.3 Å². The Morgan fingerprint density at radius 1 is 1.40 bits per heavy atom. The molecular formula is C14H12N4O2.